The monoisotopic (exact) mass is 379 g/mol. The zero-order valence-electron chi connectivity index (χ0n) is 13.5. The fourth-order valence-corrected chi connectivity index (χ4v) is 2.66. The van der Waals surface area contributed by atoms with Crippen LogP contribution in [0.2, 0.25) is 0 Å². The highest BCUT2D eigenvalue weighted by molar-refractivity contribution is 9.10. The number of benzene rings is 1. The molecular weight excluding hydrogens is 362 g/mol. The van der Waals surface area contributed by atoms with Gasteiger partial charge >= 0.3 is 11.9 Å². The maximum Gasteiger partial charge on any atom is 0.342 e. The van der Waals surface area contributed by atoms with E-state index in [0.29, 0.717) is 10.9 Å². The van der Waals surface area contributed by atoms with Gasteiger partial charge in [-0.2, -0.15) is 0 Å². The maximum atomic E-state index is 12.6. The minimum atomic E-state index is -0.686. The molecule has 0 unspecified atom stereocenters. The molecule has 0 N–H and O–H groups in total. The minimum absolute atomic E-state index is 0.0806. The number of nitrogens with zero attached hydrogens (tertiary/aromatic N) is 1. The topological polar surface area (TPSA) is 65.5 Å². The van der Waals surface area contributed by atoms with E-state index in [2.05, 4.69) is 20.9 Å². The van der Waals surface area contributed by atoms with Crippen molar-refractivity contribution >= 4 is 38.8 Å². The van der Waals surface area contributed by atoms with Crippen LogP contribution in [0.5, 0.6) is 0 Å². The third-order valence-electron chi connectivity index (χ3n) is 2.93. The fourth-order valence-electron chi connectivity index (χ4n) is 2.11. The molecular formula is C17H18BrNO4. The molecule has 122 valence electrons. The van der Waals surface area contributed by atoms with E-state index in [1.807, 2.05) is 6.07 Å². The fraction of sp³-hybridized carbons (Fsp3) is 0.353. The number of fused-ring (bicyclic) bond motifs is 1. The number of halogens is 1. The van der Waals surface area contributed by atoms with E-state index in [-0.39, 0.29) is 22.3 Å². The van der Waals surface area contributed by atoms with Crippen LogP contribution < -0.4 is 0 Å². The average Bonchev–Trinajstić information content (AvgIpc) is 2.44. The molecule has 0 saturated heterocycles. The maximum absolute atomic E-state index is 12.6. The highest BCUT2D eigenvalue weighted by atomic mass is 79.9. The zero-order chi connectivity index (χ0) is 17.2. The molecule has 0 atom stereocenters. The van der Waals surface area contributed by atoms with E-state index in [0.717, 1.165) is 0 Å². The van der Waals surface area contributed by atoms with Gasteiger partial charge in [-0.1, -0.05) is 18.2 Å². The van der Waals surface area contributed by atoms with Crippen LogP contribution >= 0.6 is 15.9 Å². The van der Waals surface area contributed by atoms with E-state index >= 15 is 0 Å². The van der Waals surface area contributed by atoms with Crippen molar-refractivity contribution in [2.24, 2.45) is 0 Å². The summed E-state index contributed by atoms with van der Waals surface area (Å²) in [6, 6.07) is 7.08. The largest absolute Gasteiger partial charge is 0.462 e. The van der Waals surface area contributed by atoms with Crippen LogP contribution in [0, 0.1) is 0 Å². The number of esters is 2. The van der Waals surface area contributed by atoms with Crippen molar-refractivity contribution in [1.82, 2.24) is 4.98 Å². The van der Waals surface area contributed by atoms with Gasteiger partial charge in [0.25, 0.3) is 0 Å². The number of hydrogen-bond donors (Lipinski definition) is 0. The molecule has 1 aromatic carbocycles. The number of hydrogen-bond acceptors (Lipinski definition) is 5. The van der Waals surface area contributed by atoms with Gasteiger partial charge in [0.05, 0.1) is 17.7 Å². The number of aromatic nitrogens is 1. The third kappa shape index (κ3) is 3.88. The minimum Gasteiger partial charge on any atom is -0.462 e. The first kappa shape index (κ1) is 17.4. The van der Waals surface area contributed by atoms with E-state index in [1.165, 1.54) is 0 Å². The standard InChI is InChI=1S/C17H18BrNO4/c1-5-22-15(20)12-10-8-6-7-9-11(10)19-14(18)13(12)16(21)23-17(2,3)4/h6-9H,5H2,1-4H3. The molecule has 1 aromatic heterocycles. The van der Waals surface area contributed by atoms with E-state index in [4.69, 9.17) is 9.47 Å². The molecule has 2 aromatic rings. The number of para-hydroxylation sites is 1. The van der Waals surface area contributed by atoms with Crippen molar-refractivity contribution < 1.29 is 19.1 Å². The highest BCUT2D eigenvalue weighted by Crippen LogP contribution is 2.29. The Hall–Kier alpha value is -1.95. The summed E-state index contributed by atoms with van der Waals surface area (Å²) < 4.78 is 10.8. The van der Waals surface area contributed by atoms with Gasteiger partial charge in [0.1, 0.15) is 15.8 Å². The van der Waals surface area contributed by atoms with Crippen molar-refractivity contribution in [2.45, 2.75) is 33.3 Å². The van der Waals surface area contributed by atoms with Crippen LogP contribution in [0.3, 0.4) is 0 Å². The van der Waals surface area contributed by atoms with Gasteiger partial charge in [-0.05, 0) is 49.7 Å². The molecule has 0 amide bonds. The normalized spacial score (nSPS) is 11.3. The summed E-state index contributed by atoms with van der Waals surface area (Å²) in [5.41, 5.74) is 0.152. The van der Waals surface area contributed by atoms with Gasteiger partial charge < -0.3 is 9.47 Å². The second-order valence-electron chi connectivity index (χ2n) is 5.89. The van der Waals surface area contributed by atoms with Crippen LogP contribution in [-0.2, 0) is 9.47 Å². The van der Waals surface area contributed by atoms with Crippen LogP contribution in [0.4, 0.5) is 0 Å². The summed E-state index contributed by atoms with van der Waals surface area (Å²) in [5, 5.41) is 0.551. The Morgan fingerprint density at radius 3 is 2.39 bits per heavy atom. The van der Waals surface area contributed by atoms with Crippen molar-refractivity contribution in [3.8, 4) is 0 Å². The number of carbonyl (C=O) groups is 2. The summed E-state index contributed by atoms with van der Waals surface area (Å²) in [5.74, 6) is -1.20. The van der Waals surface area contributed by atoms with Gasteiger partial charge in [0.2, 0.25) is 0 Å². The predicted molar refractivity (Wildman–Crippen MR) is 90.6 cm³/mol. The predicted octanol–water partition coefficient (Wildman–Crippen LogP) is 4.13. The molecule has 0 saturated carbocycles. The Kier molecular flexibility index (Phi) is 5.04. The first-order chi connectivity index (χ1) is 10.7. The molecule has 0 aliphatic rings. The molecule has 5 nitrogen and oxygen atoms in total. The Bertz CT molecular complexity index is 765. The molecule has 0 aliphatic heterocycles. The molecule has 0 bridgehead atoms. The van der Waals surface area contributed by atoms with Gasteiger partial charge in [0.15, 0.2) is 0 Å². The van der Waals surface area contributed by atoms with Crippen LogP contribution in [0.25, 0.3) is 10.9 Å². The van der Waals surface area contributed by atoms with Gasteiger partial charge in [-0.15, -0.1) is 0 Å². The van der Waals surface area contributed by atoms with E-state index < -0.39 is 17.5 Å². The van der Waals surface area contributed by atoms with Gasteiger partial charge in [0, 0.05) is 5.39 Å². The second-order valence-corrected chi connectivity index (χ2v) is 6.64. The van der Waals surface area contributed by atoms with Crippen molar-refractivity contribution in [3.05, 3.63) is 40.0 Å². The number of pyridine rings is 1. The first-order valence-corrected chi connectivity index (χ1v) is 8.02. The second kappa shape index (κ2) is 6.66. The molecule has 0 fully saturated rings. The SMILES string of the molecule is CCOC(=O)c1c(C(=O)OC(C)(C)C)c(Br)nc2ccccc12. The summed E-state index contributed by atoms with van der Waals surface area (Å²) in [6.07, 6.45) is 0. The first-order valence-electron chi connectivity index (χ1n) is 7.23. The number of rotatable bonds is 3. The highest BCUT2D eigenvalue weighted by Gasteiger charge is 2.29. The Balaban J connectivity index is 2.71. The van der Waals surface area contributed by atoms with Crippen molar-refractivity contribution in [3.63, 3.8) is 0 Å². The Morgan fingerprint density at radius 1 is 1.13 bits per heavy atom. The molecule has 1 heterocycles. The summed E-state index contributed by atoms with van der Waals surface area (Å²) >= 11 is 3.28. The quantitative estimate of drug-likeness (QED) is 0.592. The van der Waals surface area contributed by atoms with Crippen LogP contribution in [0.15, 0.2) is 28.9 Å². The molecule has 0 radical (unpaired) electrons. The average molecular weight is 380 g/mol. The zero-order valence-corrected chi connectivity index (χ0v) is 15.1. The lowest BCUT2D eigenvalue weighted by Gasteiger charge is -2.21. The van der Waals surface area contributed by atoms with E-state index in [1.54, 1.807) is 45.9 Å². The van der Waals surface area contributed by atoms with Gasteiger partial charge in [-0.25, -0.2) is 14.6 Å². The Labute approximate surface area is 143 Å². The summed E-state index contributed by atoms with van der Waals surface area (Å²) in [7, 11) is 0. The molecule has 0 spiro atoms. The lowest BCUT2D eigenvalue weighted by Crippen LogP contribution is -2.26. The molecule has 6 heteroatoms. The third-order valence-corrected chi connectivity index (χ3v) is 3.50. The lowest BCUT2D eigenvalue weighted by atomic mass is 10.0. The molecule has 2 rings (SSSR count). The van der Waals surface area contributed by atoms with Crippen molar-refractivity contribution in [2.75, 3.05) is 6.61 Å². The Morgan fingerprint density at radius 2 is 1.78 bits per heavy atom. The molecule has 0 aliphatic carbocycles. The number of carbonyl (C=O) groups excluding carboxylic acids is 2. The lowest BCUT2D eigenvalue weighted by molar-refractivity contribution is 0.00630. The van der Waals surface area contributed by atoms with E-state index in [9.17, 15) is 9.59 Å². The smallest absolute Gasteiger partial charge is 0.342 e. The number of ether oxygens (including phenoxy) is 2. The van der Waals surface area contributed by atoms with Crippen molar-refractivity contribution in [1.29, 1.82) is 0 Å². The van der Waals surface area contributed by atoms with Gasteiger partial charge in [-0.3, -0.25) is 0 Å². The van der Waals surface area contributed by atoms with Crippen LogP contribution in [-0.4, -0.2) is 29.1 Å². The summed E-state index contributed by atoms with van der Waals surface area (Å²) in [6.45, 7) is 7.20. The molecule has 23 heavy (non-hydrogen) atoms. The van der Waals surface area contributed by atoms with Crippen LogP contribution in [0.1, 0.15) is 48.4 Å². The summed E-state index contributed by atoms with van der Waals surface area (Å²) in [4.78, 5) is 29.3.